The van der Waals surface area contributed by atoms with E-state index in [1.807, 2.05) is 12.1 Å². The van der Waals surface area contributed by atoms with Crippen LogP contribution in [0.1, 0.15) is 77.6 Å². The van der Waals surface area contributed by atoms with Crippen molar-refractivity contribution in [2.45, 2.75) is 71.6 Å². The molecule has 0 fully saturated rings. The van der Waals surface area contributed by atoms with Crippen LogP contribution in [0.5, 0.6) is 0 Å². The van der Waals surface area contributed by atoms with Gasteiger partial charge in [-0.15, -0.1) is 0 Å². The molecule has 0 amide bonds. The summed E-state index contributed by atoms with van der Waals surface area (Å²) in [5, 5.41) is 4.51. The van der Waals surface area contributed by atoms with Crippen LogP contribution in [0.15, 0.2) is 124 Å². The van der Waals surface area contributed by atoms with E-state index in [9.17, 15) is 0 Å². The van der Waals surface area contributed by atoms with Gasteiger partial charge in [0.25, 0.3) is 0 Å². The maximum Gasteiger partial charge on any atom is 0.139 e. The van der Waals surface area contributed by atoms with Gasteiger partial charge in [0.15, 0.2) is 0 Å². The molecule has 1 aliphatic carbocycles. The van der Waals surface area contributed by atoms with Crippen LogP contribution in [-0.2, 0) is 16.2 Å². The lowest BCUT2D eigenvalue weighted by Crippen LogP contribution is -2.17. The summed E-state index contributed by atoms with van der Waals surface area (Å²) in [4.78, 5) is 2.41. The van der Waals surface area contributed by atoms with Crippen LogP contribution in [0.25, 0.3) is 55.0 Å². The fourth-order valence-electron chi connectivity index (χ4n) is 8.20. The van der Waals surface area contributed by atoms with Crippen LogP contribution in [0.2, 0.25) is 0 Å². The molecule has 9 rings (SSSR count). The summed E-state index contributed by atoms with van der Waals surface area (Å²) in [5.74, 6) is 0. The lowest BCUT2D eigenvalue weighted by Gasteiger charge is -2.29. The van der Waals surface area contributed by atoms with E-state index in [1.165, 1.54) is 33.4 Å². The fourth-order valence-corrected chi connectivity index (χ4v) is 8.20. The summed E-state index contributed by atoms with van der Waals surface area (Å²) in [6, 6.07) is 42.0. The number of furan rings is 2. The number of hydrogen-bond donors (Lipinski definition) is 0. The molecule has 0 atom stereocenters. The number of nitrogens with zero attached hydrogens (tertiary/aromatic N) is 1. The van der Waals surface area contributed by atoms with Crippen molar-refractivity contribution in [3.8, 4) is 11.1 Å². The van der Waals surface area contributed by atoms with Gasteiger partial charge >= 0.3 is 0 Å². The van der Waals surface area contributed by atoms with Gasteiger partial charge in [0, 0.05) is 44.6 Å². The highest BCUT2D eigenvalue weighted by molar-refractivity contribution is 6.15. The molecule has 0 bridgehead atoms. The van der Waals surface area contributed by atoms with E-state index in [2.05, 4.69) is 163 Å². The van der Waals surface area contributed by atoms with Gasteiger partial charge in [0.2, 0.25) is 0 Å². The van der Waals surface area contributed by atoms with Gasteiger partial charge in [0.1, 0.15) is 22.3 Å². The number of benzene rings is 6. The van der Waals surface area contributed by atoms with Crippen molar-refractivity contribution in [1.29, 1.82) is 0 Å². The highest BCUT2D eigenvalue weighted by Crippen LogP contribution is 2.52. The number of rotatable bonds is 3. The smallest absolute Gasteiger partial charge is 0.139 e. The third-order valence-electron chi connectivity index (χ3n) is 10.9. The minimum atomic E-state index is -0.131. The zero-order valence-corrected chi connectivity index (χ0v) is 30.2. The molecular weight excluding hydrogens is 611 g/mol. The summed E-state index contributed by atoms with van der Waals surface area (Å²) in [5.41, 5.74) is 14.4. The second-order valence-electron chi connectivity index (χ2n) is 16.7. The van der Waals surface area contributed by atoms with Gasteiger partial charge < -0.3 is 13.7 Å². The van der Waals surface area contributed by atoms with Crippen molar-refractivity contribution >= 4 is 60.9 Å². The van der Waals surface area contributed by atoms with E-state index in [0.717, 1.165) is 60.9 Å². The Bertz CT molecular complexity index is 2650. The van der Waals surface area contributed by atoms with E-state index in [4.69, 9.17) is 8.83 Å². The third-order valence-corrected chi connectivity index (χ3v) is 10.9. The maximum atomic E-state index is 6.85. The first kappa shape index (κ1) is 30.8. The van der Waals surface area contributed by atoms with E-state index in [1.54, 1.807) is 0 Å². The molecule has 2 aromatic heterocycles. The van der Waals surface area contributed by atoms with Gasteiger partial charge in [-0.25, -0.2) is 0 Å². The van der Waals surface area contributed by atoms with E-state index < -0.39 is 0 Å². The Morgan fingerprint density at radius 3 is 2.00 bits per heavy atom. The Kier molecular flexibility index (Phi) is 6.38. The van der Waals surface area contributed by atoms with Crippen molar-refractivity contribution in [3.05, 3.63) is 138 Å². The average molecular weight is 654 g/mol. The molecule has 3 nitrogen and oxygen atoms in total. The Morgan fingerprint density at radius 1 is 0.520 bits per heavy atom. The van der Waals surface area contributed by atoms with E-state index in [-0.39, 0.29) is 16.2 Å². The normalized spacial score (nSPS) is 14.2. The predicted molar refractivity (Wildman–Crippen MR) is 211 cm³/mol. The standard InChI is InChI=1S/C47H43NO2/c1-45(2,3)28-24-35-43-39(17-13-19-41(43)50-44(35)38(25-28)46(4,5)6)48(30-21-23-34-33-15-10-12-18-40(33)49-42(34)27-30)29-20-22-32-31-14-9-11-16-36(31)47(7,8)37(32)26-29/h9-27H,1-8H3. The number of fused-ring (bicyclic) bond motifs is 9. The highest BCUT2D eigenvalue weighted by Gasteiger charge is 2.36. The topological polar surface area (TPSA) is 29.5 Å². The molecule has 248 valence electrons. The quantitative estimate of drug-likeness (QED) is 0.190. The molecule has 0 unspecified atom stereocenters. The van der Waals surface area contributed by atoms with Crippen molar-refractivity contribution in [1.82, 2.24) is 0 Å². The van der Waals surface area contributed by atoms with Gasteiger partial charge in [-0.3, -0.25) is 0 Å². The molecule has 50 heavy (non-hydrogen) atoms. The first-order valence-electron chi connectivity index (χ1n) is 17.8. The second kappa shape index (κ2) is 10.4. The van der Waals surface area contributed by atoms with Crippen molar-refractivity contribution in [2.75, 3.05) is 4.90 Å². The van der Waals surface area contributed by atoms with Gasteiger partial charge in [-0.1, -0.05) is 116 Å². The Hall–Kier alpha value is -5.28. The number of hydrogen-bond acceptors (Lipinski definition) is 3. The molecule has 0 radical (unpaired) electrons. The third kappa shape index (κ3) is 4.49. The van der Waals surface area contributed by atoms with Crippen LogP contribution in [-0.4, -0.2) is 0 Å². The minimum Gasteiger partial charge on any atom is -0.456 e. The minimum absolute atomic E-state index is 0.0285. The predicted octanol–water partition coefficient (Wildman–Crippen LogP) is 13.9. The van der Waals surface area contributed by atoms with E-state index >= 15 is 0 Å². The molecule has 0 N–H and O–H groups in total. The summed E-state index contributed by atoms with van der Waals surface area (Å²) < 4.78 is 13.3. The van der Waals surface area contributed by atoms with Crippen LogP contribution in [0.3, 0.4) is 0 Å². The molecule has 0 aliphatic heterocycles. The van der Waals surface area contributed by atoms with Gasteiger partial charge in [0.05, 0.1) is 11.1 Å². The highest BCUT2D eigenvalue weighted by atomic mass is 16.3. The van der Waals surface area contributed by atoms with Crippen LogP contribution >= 0.6 is 0 Å². The zero-order chi connectivity index (χ0) is 34.7. The Labute approximate surface area is 294 Å². The SMILES string of the molecule is CC(C)(C)c1cc(C(C)(C)C)c2oc3cccc(N(c4ccc5c(c4)C(C)(C)c4ccccc4-5)c4ccc5c(c4)oc4ccccc45)c3c2c1. The van der Waals surface area contributed by atoms with Gasteiger partial charge in [-0.2, -0.15) is 0 Å². The first-order chi connectivity index (χ1) is 23.8. The average Bonchev–Trinajstić information content (AvgIpc) is 3.72. The van der Waals surface area contributed by atoms with E-state index in [0.29, 0.717) is 0 Å². The molecule has 0 saturated heterocycles. The monoisotopic (exact) mass is 653 g/mol. The van der Waals surface area contributed by atoms with Crippen molar-refractivity contribution < 1.29 is 8.83 Å². The Morgan fingerprint density at radius 2 is 1.20 bits per heavy atom. The number of para-hydroxylation sites is 1. The second-order valence-corrected chi connectivity index (χ2v) is 16.7. The molecule has 0 saturated carbocycles. The maximum absolute atomic E-state index is 6.85. The Balaban J connectivity index is 1.35. The molecule has 2 heterocycles. The largest absolute Gasteiger partial charge is 0.456 e. The van der Waals surface area contributed by atoms with Crippen molar-refractivity contribution in [3.63, 3.8) is 0 Å². The van der Waals surface area contributed by atoms with Crippen LogP contribution < -0.4 is 4.90 Å². The lowest BCUT2D eigenvalue weighted by molar-refractivity contribution is 0.559. The summed E-state index contributed by atoms with van der Waals surface area (Å²) in [7, 11) is 0. The summed E-state index contributed by atoms with van der Waals surface area (Å²) >= 11 is 0. The summed E-state index contributed by atoms with van der Waals surface area (Å²) in [6.07, 6.45) is 0. The fraction of sp³-hybridized carbons (Fsp3) is 0.234. The zero-order valence-electron chi connectivity index (χ0n) is 30.2. The molecule has 1 aliphatic rings. The molecule has 8 aromatic rings. The molecule has 6 aromatic carbocycles. The first-order valence-corrected chi connectivity index (χ1v) is 17.8. The van der Waals surface area contributed by atoms with Gasteiger partial charge in [-0.05, 0) is 87.2 Å². The molecule has 0 spiro atoms. The van der Waals surface area contributed by atoms with Crippen molar-refractivity contribution in [2.24, 2.45) is 0 Å². The molecular formula is C47H43NO2. The summed E-state index contributed by atoms with van der Waals surface area (Å²) in [6.45, 7) is 18.4. The number of anilines is 3. The van der Waals surface area contributed by atoms with Crippen LogP contribution in [0, 0.1) is 0 Å². The molecule has 3 heteroatoms. The lowest BCUT2D eigenvalue weighted by atomic mass is 9.79. The van der Waals surface area contributed by atoms with Crippen LogP contribution in [0.4, 0.5) is 17.1 Å².